The van der Waals surface area contributed by atoms with Gasteiger partial charge in [0.05, 0.1) is 0 Å². The first kappa shape index (κ1) is 17.5. The second-order valence-corrected chi connectivity index (χ2v) is 5.86. The fraction of sp³-hybridized carbons (Fsp3) is 0.625. The highest BCUT2D eigenvalue weighted by molar-refractivity contribution is 9.10. The average molecular weight is 342 g/mol. The number of hydrogen-bond acceptors (Lipinski definition) is 3. The van der Waals surface area contributed by atoms with Crippen LogP contribution in [-0.4, -0.2) is 42.5 Å². The zero-order chi connectivity index (χ0) is 15.0. The molecule has 1 aromatic rings. The van der Waals surface area contributed by atoms with Crippen molar-refractivity contribution in [3.05, 3.63) is 28.2 Å². The van der Waals surface area contributed by atoms with Crippen LogP contribution < -0.4 is 5.73 Å². The predicted molar refractivity (Wildman–Crippen MR) is 91.9 cm³/mol. The number of nitrogen functional groups attached to an aromatic ring is 1. The summed E-state index contributed by atoms with van der Waals surface area (Å²) in [5.74, 6) is 0. The van der Waals surface area contributed by atoms with Crippen molar-refractivity contribution in [1.29, 1.82) is 0 Å². The third kappa shape index (κ3) is 5.43. The van der Waals surface area contributed by atoms with Gasteiger partial charge in [0, 0.05) is 16.7 Å². The zero-order valence-corrected chi connectivity index (χ0v) is 14.6. The molecule has 0 heterocycles. The molecule has 0 aliphatic carbocycles. The average Bonchev–Trinajstić information content (AvgIpc) is 2.46. The van der Waals surface area contributed by atoms with E-state index in [9.17, 15) is 0 Å². The molecule has 3 nitrogen and oxygen atoms in total. The van der Waals surface area contributed by atoms with Crippen molar-refractivity contribution in [2.24, 2.45) is 0 Å². The van der Waals surface area contributed by atoms with E-state index in [1.54, 1.807) is 0 Å². The molecule has 114 valence electrons. The third-order valence-corrected chi connectivity index (χ3v) is 4.76. The molecule has 0 aromatic heterocycles. The number of hydrogen-bond donors (Lipinski definition) is 1. The molecule has 20 heavy (non-hydrogen) atoms. The van der Waals surface area contributed by atoms with Gasteiger partial charge in [-0.25, -0.2) is 0 Å². The molecule has 1 rings (SSSR count). The van der Waals surface area contributed by atoms with Gasteiger partial charge in [0.2, 0.25) is 0 Å². The van der Waals surface area contributed by atoms with Crippen molar-refractivity contribution in [2.75, 3.05) is 38.5 Å². The molecule has 0 amide bonds. The maximum Gasteiger partial charge on any atom is 0.0461 e. The fourth-order valence-electron chi connectivity index (χ4n) is 2.37. The van der Waals surface area contributed by atoms with Crippen LogP contribution >= 0.6 is 15.9 Å². The summed E-state index contributed by atoms with van der Waals surface area (Å²) in [6, 6.07) is 6.11. The molecule has 0 atom stereocenters. The quantitative estimate of drug-likeness (QED) is 0.696. The van der Waals surface area contributed by atoms with Crippen molar-refractivity contribution in [3.63, 3.8) is 0 Å². The van der Waals surface area contributed by atoms with Crippen molar-refractivity contribution in [3.8, 4) is 0 Å². The van der Waals surface area contributed by atoms with Gasteiger partial charge in [-0.1, -0.05) is 32.9 Å². The minimum Gasteiger partial charge on any atom is -0.398 e. The maximum absolute atomic E-state index is 5.94. The molecule has 0 unspecified atom stereocenters. The monoisotopic (exact) mass is 341 g/mol. The summed E-state index contributed by atoms with van der Waals surface area (Å²) in [5, 5.41) is 0. The van der Waals surface area contributed by atoms with E-state index < -0.39 is 0 Å². The lowest BCUT2D eigenvalue weighted by Gasteiger charge is -2.24. The van der Waals surface area contributed by atoms with Crippen LogP contribution in [0.4, 0.5) is 5.69 Å². The summed E-state index contributed by atoms with van der Waals surface area (Å²) in [6.45, 7) is 13.3. The predicted octanol–water partition coefficient (Wildman–Crippen LogP) is 3.59. The molecule has 2 N–H and O–H groups in total. The lowest BCUT2D eigenvalue weighted by molar-refractivity contribution is 0.238. The van der Waals surface area contributed by atoms with Crippen LogP contribution in [0.15, 0.2) is 22.7 Å². The summed E-state index contributed by atoms with van der Waals surface area (Å²) in [4.78, 5) is 4.95. The Bertz CT molecular complexity index is 391. The topological polar surface area (TPSA) is 32.5 Å². The summed E-state index contributed by atoms with van der Waals surface area (Å²) < 4.78 is 1.04. The molecular weight excluding hydrogens is 314 g/mol. The van der Waals surface area contributed by atoms with E-state index in [1.165, 1.54) is 18.5 Å². The Morgan fingerprint density at radius 1 is 1.00 bits per heavy atom. The van der Waals surface area contributed by atoms with Crippen LogP contribution in [0.3, 0.4) is 0 Å². The molecule has 1 aromatic carbocycles. The van der Waals surface area contributed by atoms with Crippen LogP contribution in [0, 0.1) is 0 Å². The fourth-order valence-corrected chi connectivity index (χ4v) is 2.76. The Kier molecular flexibility index (Phi) is 8.19. The highest BCUT2D eigenvalue weighted by Crippen LogP contribution is 2.24. The second kappa shape index (κ2) is 9.37. The van der Waals surface area contributed by atoms with Crippen molar-refractivity contribution in [1.82, 2.24) is 9.80 Å². The van der Waals surface area contributed by atoms with Gasteiger partial charge in [0.25, 0.3) is 0 Å². The first-order valence-electron chi connectivity index (χ1n) is 7.59. The van der Waals surface area contributed by atoms with Crippen molar-refractivity contribution >= 4 is 21.6 Å². The number of nitrogens with zero attached hydrogens (tertiary/aromatic N) is 2. The molecule has 0 saturated carbocycles. The molecule has 0 spiro atoms. The normalized spacial score (nSPS) is 11.5. The molecule has 4 heteroatoms. The van der Waals surface area contributed by atoms with Crippen LogP contribution in [0.5, 0.6) is 0 Å². The van der Waals surface area contributed by atoms with Gasteiger partial charge in [0.1, 0.15) is 0 Å². The Morgan fingerprint density at radius 2 is 1.60 bits per heavy atom. The number of nitrogens with two attached hydrogens (primary N) is 1. The number of halogens is 1. The lowest BCUT2D eigenvalue weighted by atomic mass is 10.2. The first-order valence-corrected chi connectivity index (χ1v) is 8.39. The molecule has 0 bridgehead atoms. The van der Waals surface area contributed by atoms with Crippen LogP contribution in [0.1, 0.15) is 32.8 Å². The van der Waals surface area contributed by atoms with E-state index in [0.29, 0.717) is 0 Å². The van der Waals surface area contributed by atoms with Gasteiger partial charge in [0.15, 0.2) is 0 Å². The minimum atomic E-state index is 0.821. The Hall–Kier alpha value is -0.580. The van der Waals surface area contributed by atoms with Crippen LogP contribution in [0.25, 0.3) is 0 Å². The SMILES string of the molecule is CCN(CC)CCCN(CC)Cc1cccc(N)c1Br. The molecular formula is C16H28BrN3. The summed E-state index contributed by atoms with van der Waals surface area (Å²) >= 11 is 3.59. The second-order valence-electron chi connectivity index (χ2n) is 5.07. The molecule has 0 fully saturated rings. The summed E-state index contributed by atoms with van der Waals surface area (Å²) in [5.41, 5.74) is 8.04. The Labute approximate surface area is 132 Å². The van der Waals surface area contributed by atoms with Gasteiger partial charge in [-0.2, -0.15) is 0 Å². The smallest absolute Gasteiger partial charge is 0.0461 e. The zero-order valence-electron chi connectivity index (χ0n) is 13.0. The van der Waals surface area contributed by atoms with E-state index in [4.69, 9.17) is 5.73 Å². The highest BCUT2D eigenvalue weighted by atomic mass is 79.9. The van der Waals surface area contributed by atoms with Gasteiger partial charge >= 0.3 is 0 Å². The van der Waals surface area contributed by atoms with Gasteiger partial charge in [-0.15, -0.1) is 0 Å². The summed E-state index contributed by atoms with van der Waals surface area (Å²) in [7, 11) is 0. The van der Waals surface area contributed by atoms with Crippen molar-refractivity contribution < 1.29 is 0 Å². The Balaban J connectivity index is 2.49. The Morgan fingerprint density at radius 3 is 2.20 bits per heavy atom. The van der Waals surface area contributed by atoms with E-state index >= 15 is 0 Å². The van der Waals surface area contributed by atoms with Gasteiger partial charge in [-0.05, 0) is 66.7 Å². The van der Waals surface area contributed by atoms with E-state index in [1.807, 2.05) is 12.1 Å². The van der Waals surface area contributed by atoms with Crippen LogP contribution in [0.2, 0.25) is 0 Å². The van der Waals surface area contributed by atoms with Gasteiger partial charge < -0.3 is 10.6 Å². The molecule has 0 aliphatic rings. The van der Waals surface area contributed by atoms with E-state index in [0.717, 1.165) is 42.9 Å². The highest BCUT2D eigenvalue weighted by Gasteiger charge is 2.09. The van der Waals surface area contributed by atoms with E-state index in [2.05, 4.69) is 52.6 Å². The van der Waals surface area contributed by atoms with Crippen LogP contribution in [-0.2, 0) is 6.54 Å². The lowest BCUT2D eigenvalue weighted by Crippen LogP contribution is -2.29. The largest absolute Gasteiger partial charge is 0.398 e. The first-order chi connectivity index (χ1) is 9.62. The molecule has 0 saturated heterocycles. The molecule has 0 radical (unpaired) electrons. The number of benzene rings is 1. The third-order valence-electron chi connectivity index (χ3n) is 3.79. The molecule has 0 aliphatic heterocycles. The maximum atomic E-state index is 5.94. The van der Waals surface area contributed by atoms with E-state index in [-0.39, 0.29) is 0 Å². The minimum absolute atomic E-state index is 0.821. The standard InChI is InChI=1S/C16H28BrN3/c1-4-19(5-2)11-8-12-20(6-3)13-14-9-7-10-15(18)16(14)17/h7,9-10H,4-6,8,11-13,18H2,1-3H3. The van der Waals surface area contributed by atoms with Crippen molar-refractivity contribution in [2.45, 2.75) is 33.7 Å². The number of rotatable bonds is 9. The number of anilines is 1. The summed E-state index contributed by atoms with van der Waals surface area (Å²) in [6.07, 6.45) is 1.22. The van der Waals surface area contributed by atoms with Gasteiger partial charge in [-0.3, -0.25) is 4.90 Å².